The molecule has 2 rings (SSSR count). The minimum Gasteiger partial charge on any atom is -0.480 e. The van der Waals surface area contributed by atoms with Crippen molar-refractivity contribution in [3.63, 3.8) is 0 Å². The molecule has 0 aromatic rings. The first-order valence-corrected chi connectivity index (χ1v) is 7.50. The molecule has 0 radical (unpaired) electrons. The molecule has 2 aliphatic rings. The summed E-state index contributed by atoms with van der Waals surface area (Å²) in [5, 5.41) is 11.9. The lowest BCUT2D eigenvalue weighted by molar-refractivity contribution is -0.138. The number of hydrogen-bond donors (Lipinski definition) is 2. The van der Waals surface area contributed by atoms with E-state index in [1.807, 2.05) is 13.8 Å². The van der Waals surface area contributed by atoms with Crippen LogP contribution in [0.25, 0.3) is 0 Å². The Bertz CT molecular complexity index is 373. The van der Waals surface area contributed by atoms with Crippen LogP contribution >= 0.6 is 0 Å². The fraction of sp³-hybridized carbons (Fsp3) is 0.857. The molecule has 2 N–H and O–H groups in total. The molecule has 2 heterocycles. The lowest BCUT2D eigenvalue weighted by Gasteiger charge is -2.36. The van der Waals surface area contributed by atoms with Crippen LogP contribution < -0.4 is 5.32 Å². The zero-order valence-corrected chi connectivity index (χ0v) is 12.3. The number of carboxylic acid groups (broad SMARTS) is 1. The maximum Gasteiger partial charge on any atom is 0.323 e. The number of rotatable bonds is 4. The molecule has 0 aliphatic carbocycles. The second kappa shape index (κ2) is 6.43. The smallest absolute Gasteiger partial charge is 0.323 e. The molecule has 2 amide bonds. The molecular formula is C14H25N3O3. The van der Waals surface area contributed by atoms with Gasteiger partial charge in [-0.3, -0.25) is 4.79 Å². The highest BCUT2D eigenvalue weighted by Crippen LogP contribution is 2.26. The van der Waals surface area contributed by atoms with E-state index in [2.05, 4.69) is 10.2 Å². The van der Waals surface area contributed by atoms with Gasteiger partial charge >= 0.3 is 12.0 Å². The number of aliphatic carboxylic acids is 1. The summed E-state index contributed by atoms with van der Waals surface area (Å²) < 4.78 is 0. The number of carbonyl (C=O) groups is 2. The van der Waals surface area contributed by atoms with Crippen LogP contribution in [0.15, 0.2) is 0 Å². The van der Waals surface area contributed by atoms with E-state index in [0.29, 0.717) is 6.04 Å². The van der Waals surface area contributed by atoms with Crippen LogP contribution in [0.2, 0.25) is 0 Å². The van der Waals surface area contributed by atoms with Crippen molar-refractivity contribution in [3.8, 4) is 0 Å². The van der Waals surface area contributed by atoms with Crippen molar-refractivity contribution < 1.29 is 14.7 Å². The Morgan fingerprint density at radius 1 is 1.35 bits per heavy atom. The Labute approximate surface area is 120 Å². The van der Waals surface area contributed by atoms with Crippen LogP contribution in [0.1, 0.15) is 39.5 Å². The standard InChI is InChI=1S/C14H25N3O3/c1-10(2)17(9-13(18)19)14(20)15-11-5-7-16-6-3-4-12(16)8-11/h10-12H,3-9H2,1-2H3,(H,15,20)(H,18,19). The van der Waals surface area contributed by atoms with Crippen molar-refractivity contribution in [1.82, 2.24) is 15.1 Å². The monoisotopic (exact) mass is 283 g/mol. The van der Waals surface area contributed by atoms with Gasteiger partial charge in [0.2, 0.25) is 0 Å². The number of carboxylic acids is 1. The number of urea groups is 1. The van der Waals surface area contributed by atoms with Gasteiger partial charge in [0, 0.05) is 24.7 Å². The molecule has 2 unspecified atom stereocenters. The third-order valence-corrected chi connectivity index (χ3v) is 4.34. The summed E-state index contributed by atoms with van der Waals surface area (Å²) in [6.07, 6.45) is 4.42. The maximum absolute atomic E-state index is 12.2. The summed E-state index contributed by atoms with van der Waals surface area (Å²) in [5.41, 5.74) is 0. The van der Waals surface area contributed by atoms with E-state index in [9.17, 15) is 9.59 Å². The highest BCUT2D eigenvalue weighted by molar-refractivity contribution is 5.80. The molecule has 0 saturated carbocycles. The van der Waals surface area contributed by atoms with Gasteiger partial charge in [0.15, 0.2) is 0 Å². The Morgan fingerprint density at radius 3 is 2.75 bits per heavy atom. The summed E-state index contributed by atoms with van der Waals surface area (Å²) in [7, 11) is 0. The number of fused-ring (bicyclic) bond motifs is 1. The molecule has 0 aromatic heterocycles. The van der Waals surface area contributed by atoms with Gasteiger partial charge < -0.3 is 20.2 Å². The highest BCUT2D eigenvalue weighted by atomic mass is 16.4. The Morgan fingerprint density at radius 2 is 2.10 bits per heavy atom. The van der Waals surface area contributed by atoms with Gasteiger partial charge in [0.1, 0.15) is 6.54 Å². The minimum atomic E-state index is -0.973. The van der Waals surface area contributed by atoms with Crippen molar-refractivity contribution in [2.24, 2.45) is 0 Å². The third-order valence-electron chi connectivity index (χ3n) is 4.34. The first kappa shape index (κ1) is 15.1. The number of amides is 2. The lowest BCUT2D eigenvalue weighted by Crippen LogP contribution is -2.53. The summed E-state index contributed by atoms with van der Waals surface area (Å²) >= 11 is 0. The van der Waals surface area contributed by atoms with Crippen LogP contribution in [0.5, 0.6) is 0 Å². The molecule has 0 aromatic carbocycles. The van der Waals surface area contributed by atoms with Crippen molar-refractivity contribution in [2.45, 2.75) is 57.7 Å². The molecule has 2 atom stereocenters. The predicted molar refractivity (Wildman–Crippen MR) is 75.6 cm³/mol. The quantitative estimate of drug-likeness (QED) is 0.811. The summed E-state index contributed by atoms with van der Waals surface area (Å²) in [6, 6.07) is 0.412. The summed E-state index contributed by atoms with van der Waals surface area (Å²) in [4.78, 5) is 26.9. The third kappa shape index (κ3) is 3.62. The van der Waals surface area contributed by atoms with Crippen molar-refractivity contribution in [1.29, 1.82) is 0 Å². The van der Waals surface area contributed by atoms with Crippen molar-refractivity contribution in [2.75, 3.05) is 19.6 Å². The largest absolute Gasteiger partial charge is 0.480 e. The van der Waals surface area contributed by atoms with E-state index >= 15 is 0 Å². The molecule has 6 nitrogen and oxygen atoms in total. The summed E-state index contributed by atoms with van der Waals surface area (Å²) in [5.74, 6) is -0.973. The molecule has 2 saturated heterocycles. The predicted octanol–water partition coefficient (Wildman–Crippen LogP) is 1.12. The van der Waals surface area contributed by atoms with Gasteiger partial charge in [-0.1, -0.05) is 0 Å². The van der Waals surface area contributed by atoms with E-state index in [1.54, 1.807) is 0 Å². The molecule has 2 aliphatic heterocycles. The SMILES string of the molecule is CC(C)N(CC(=O)O)C(=O)NC1CCN2CCCC2C1. The minimum absolute atomic E-state index is 0.113. The lowest BCUT2D eigenvalue weighted by atomic mass is 9.98. The van der Waals surface area contributed by atoms with Crippen LogP contribution in [-0.4, -0.2) is 64.7 Å². The van der Waals surface area contributed by atoms with E-state index < -0.39 is 5.97 Å². The Hall–Kier alpha value is -1.30. The number of hydrogen-bond acceptors (Lipinski definition) is 3. The normalized spacial score (nSPS) is 26.4. The van der Waals surface area contributed by atoms with Crippen LogP contribution in [0, 0.1) is 0 Å². The average Bonchev–Trinajstić information content (AvgIpc) is 2.82. The first-order chi connectivity index (χ1) is 9.47. The fourth-order valence-corrected chi connectivity index (χ4v) is 3.25. The van der Waals surface area contributed by atoms with E-state index in [-0.39, 0.29) is 24.7 Å². The fourth-order valence-electron chi connectivity index (χ4n) is 3.25. The van der Waals surface area contributed by atoms with Crippen LogP contribution in [0.4, 0.5) is 4.79 Å². The van der Waals surface area contributed by atoms with Gasteiger partial charge in [-0.25, -0.2) is 4.79 Å². The van der Waals surface area contributed by atoms with Crippen LogP contribution in [-0.2, 0) is 4.79 Å². The number of piperidine rings is 1. The second-order valence-corrected chi connectivity index (χ2v) is 6.12. The van der Waals surface area contributed by atoms with Gasteiger partial charge in [-0.05, 0) is 46.1 Å². The molecule has 6 heteroatoms. The molecule has 20 heavy (non-hydrogen) atoms. The zero-order valence-electron chi connectivity index (χ0n) is 12.3. The van der Waals surface area contributed by atoms with Crippen molar-refractivity contribution >= 4 is 12.0 Å². The first-order valence-electron chi connectivity index (χ1n) is 7.50. The Kier molecular flexibility index (Phi) is 4.86. The molecule has 114 valence electrons. The summed E-state index contributed by atoms with van der Waals surface area (Å²) in [6.45, 7) is 5.65. The van der Waals surface area contributed by atoms with Crippen molar-refractivity contribution in [3.05, 3.63) is 0 Å². The van der Waals surface area contributed by atoms with Gasteiger partial charge in [-0.2, -0.15) is 0 Å². The van der Waals surface area contributed by atoms with Gasteiger partial charge in [0.05, 0.1) is 0 Å². The molecule has 2 fully saturated rings. The zero-order chi connectivity index (χ0) is 14.7. The average molecular weight is 283 g/mol. The number of nitrogens with zero attached hydrogens (tertiary/aromatic N) is 2. The van der Waals surface area contributed by atoms with E-state index in [4.69, 9.17) is 5.11 Å². The second-order valence-electron chi connectivity index (χ2n) is 6.12. The Balaban J connectivity index is 1.87. The van der Waals surface area contributed by atoms with E-state index in [0.717, 1.165) is 19.4 Å². The number of nitrogens with one attached hydrogen (secondary N) is 1. The molecule has 0 spiro atoms. The maximum atomic E-state index is 12.2. The molecular weight excluding hydrogens is 258 g/mol. The van der Waals surface area contributed by atoms with Gasteiger partial charge in [0.25, 0.3) is 0 Å². The van der Waals surface area contributed by atoms with Gasteiger partial charge in [-0.15, -0.1) is 0 Å². The molecule has 0 bridgehead atoms. The number of carbonyl (C=O) groups excluding carboxylic acids is 1. The van der Waals surface area contributed by atoms with E-state index in [1.165, 1.54) is 24.3 Å². The van der Waals surface area contributed by atoms with Crippen LogP contribution in [0.3, 0.4) is 0 Å². The topological polar surface area (TPSA) is 72.9 Å². The highest BCUT2D eigenvalue weighted by Gasteiger charge is 2.33.